The quantitative estimate of drug-likeness (QED) is 0.0634. The highest BCUT2D eigenvalue weighted by molar-refractivity contribution is 7.60. The zero-order valence-corrected chi connectivity index (χ0v) is 34.4. The molecule has 4 nitrogen and oxygen atoms in total. The van der Waals surface area contributed by atoms with E-state index in [2.05, 4.69) is 163 Å². The molecule has 52 heavy (non-hydrogen) atoms. The van der Waals surface area contributed by atoms with Crippen molar-refractivity contribution in [2.24, 2.45) is 0 Å². The molecule has 0 saturated heterocycles. The van der Waals surface area contributed by atoms with Crippen molar-refractivity contribution >= 4 is 15.8 Å². The van der Waals surface area contributed by atoms with E-state index in [-0.39, 0.29) is 15.8 Å². The van der Waals surface area contributed by atoms with Crippen LogP contribution in [0.4, 0.5) is 0 Å². The fourth-order valence-electron chi connectivity index (χ4n) is 7.42. The molecule has 0 saturated carbocycles. The Morgan fingerprint density at radius 2 is 0.538 bits per heavy atom. The molecule has 6 atom stereocenters. The van der Waals surface area contributed by atoms with Gasteiger partial charge < -0.3 is 18.9 Å². The van der Waals surface area contributed by atoms with Crippen molar-refractivity contribution in [3.05, 3.63) is 144 Å². The normalized spacial score (nSPS) is 16.3. The molecule has 0 aliphatic carbocycles. The summed E-state index contributed by atoms with van der Waals surface area (Å²) in [4.78, 5) is 0. The standard InChI is InChI=1S/C46H64O4P2/c1-37(51(39(3)29-47-33-43-19-11-7-12-20-43)40(4)30-48-34-44-21-13-8-14-22-44)27-28-38(2)52(41(5)31-49-35-45-23-15-9-16-24-45)42(6)32-50-36-46-25-17-10-18-26-46/h7-26,37-42H,27-36H2,1-6H3. The molecule has 0 aliphatic heterocycles. The van der Waals surface area contributed by atoms with Crippen LogP contribution in [0.5, 0.6) is 0 Å². The van der Waals surface area contributed by atoms with Crippen LogP contribution in [0.15, 0.2) is 121 Å². The second-order valence-corrected chi connectivity index (χ2v) is 21.6. The molecule has 0 heterocycles. The van der Waals surface area contributed by atoms with Crippen LogP contribution in [0.3, 0.4) is 0 Å². The fourth-order valence-corrected chi connectivity index (χ4v) is 14.6. The summed E-state index contributed by atoms with van der Waals surface area (Å²) in [5.41, 5.74) is 8.08. The Balaban J connectivity index is 1.38. The first-order chi connectivity index (χ1) is 25.3. The number of benzene rings is 4. The maximum absolute atomic E-state index is 6.35. The first kappa shape index (κ1) is 42.3. The van der Waals surface area contributed by atoms with E-state index in [1.165, 1.54) is 35.1 Å². The average molecular weight is 743 g/mol. The summed E-state index contributed by atoms with van der Waals surface area (Å²) >= 11 is 0. The predicted octanol–water partition coefficient (Wildman–Crippen LogP) is 11.9. The zero-order chi connectivity index (χ0) is 37.0. The Labute approximate surface area is 318 Å². The molecule has 282 valence electrons. The molecule has 4 rings (SSSR count). The third kappa shape index (κ3) is 15.1. The smallest absolute Gasteiger partial charge is 0.0717 e. The summed E-state index contributed by atoms with van der Waals surface area (Å²) in [7, 11) is -0.697. The van der Waals surface area contributed by atoms with Crippen LogP contribution in [0, 0.1) is 0 Å². The van der Waals surface area contributed by atoms with E-state index in [9.17, 15) is 0 Å². The highest BCUT2D eigenvalue weighted by atomic mass is 31.1. The molecule has 6 heteroatoms. The van der Waals surface area contributed by atoms with Gasteiger partial charge in [-0.15, -0.1) is 0 Å². The Morgan fingerprint density at radius 1 is 0.327 bits per heavy atom. The topological polar surface area (TPSA) is 36.9 Å². The van der Waals surface area contributed by atoms with Crippen molar-refractivity contribution in [3.8, 4) is 0 Å². The summed E-state index contributed by atoms with van der Waals surface area (Å²) in [5.74, 6) is 0. The van der Waals surface area contributed by atoms with Crippen molar-refractivity contribution in [1.29, 1.82) is 0 Å². The van der Waals surface area contributed by atoms with Gasteiger partial charge in [-0.2, -0.15) is 0 Å². The Morgan fingerprint density at radius 3 is 0.750 bits per heavy atom. The third-order valence-corrected chi connectivity index (χ3v) is 17.2. The summed E-state index contributed by atoms with van der Waals surface area (Å²) in [6.07, 6.45) is 2.43. The molecule has 0 bridgehead atoms. The monoisotopic (exact) mass is 742 g/mol. The van der Waals surface area contributed by atoms with Gasteiger partial charge in [0.2, 0.25) is 0 Å². The van der Waals surface area contributed by atoms with Crippen LogP contribution in [-0.4, -0.2) is 60.4 Å². The minimum atomic E-state index is -0.348. The molecule has 0 aliphatic rings. The van der Waals surface area contributed by atoms with E-state index >= 15 is 0 Å². The zero-order valence-electron chi connectivity index (χ0n) is 32.6. The first-order valence-electron chi connectivity index (χ1n) is 19.3. The van der Waals surface area contributed by atoms with Gasteiger partial charge in [-0.25, -0.2) is 0 Å². The molecule has 0 aromatic heterocycles. The minimum absolute atomic E-state index is 0.348. The van der Waals surface area contributed by atoms with E-state index in [0.717, 1.165) is 26.4 Å². The SMILES string of the molecule is CC(CCC(C)P(C(C)COCc1ccccc1)C(C)COCc1ccccc1)P(C(C)COCc1ccccc1)C(C)COCc1ccccc1. The van der Waals surface area contributed by atoms with Crippen LogP contribution in [-0.2, 0) is 45.4 Å². The van der Waals surface area contributed by atoms with Crippen LogP contribution in [0.2, 0.25) is 0 Å². The third-order valence-electron chi connectivity index (χ3n) is 9.94. The highest BCUT2D eigenvalue weighted by Gasteiger charge is 2.32. The van der Waals surface area contributed by atoms with Crippen LogP contribution < -0.4 is 0 Å². The second-order valence-electron chi connectivity index (χ2n) is 14.6. The largest absolute Gasteiger partial charge is 0.376 e. The van der Waals surface area contributed by atoms with Crippen molar-refractivity contribution in [3.63, 3.8) is 0 Å². The molecule has 0 amide bonds. The fraction of sp³-hybridized carbons (Fsp3) is 0.478. The van der Waals surface area contributed by atoms with E-state index in [1.54, 1.807) is 0 Å². The number of rotatable bonds is 25. The van der Waals surface area contributed by atoms with Gasteiger partial charge in [0, 0.05) is 22.6 Å². The number of hydrogen-bond acceptors (Lipinski definition) is 4. The molecule has 0 N–H and O–H groups in total. The summed E-state index contributed by atoms with van der Waals surface area (Å²) in [6, 6.07) is 42.2. The Bertz CT molecular complexity index is 1240. The summed E-state index contributed by atoms with van der Waals surface area (Å²) in [5, 5.41) is 0. The summed E-state index contributed by atoms with van der Waals surface area (Å²) in [6.45, 7) is 20.4. The van der Waals surface area contributed by atoms with E-state index < -0.39 is 0 Å². The van der Waals surface area contributed by atoms with Gasteiger partial charge in [0.15, 0.2) is 0 Å². The molecular formula is C46H64O4P2. The van der Waals surface area contributed by atoms with Gasteiger partial charge in [0.05, 0.1) is 52.9 Å². The van der Waals surface area contributed by atoms with Gasteiger partial charge >= 0.3 is 0 Å². The van der Waals surface area contributed by atoms with E-state index in [4.69, 9.17) is 18.9 Å². The van der Waals surface area contributed by atoms with E-state index in [0.29, 0.717) is 60.4 Å². The van der Waals surface area contributed by atoms with Gasteiger partial charge in [0.1, 0.15) is 0 Å². The maximum Gasteiger partial charge on any atom is 0.0717 e. The Kier molecular flexibility index (Phi) is 19.6. The number of hydrogen-bond donors (Lipinski definition) is 0. The van der Waals surface area contributed by atoms with Crippen LogP contribution in [0.1, 0.15) is 76.6 Å². The lowest BCUT2D eigenvalue weighted by Gasteiger charge is -2.38. The Hall–Kier alpha value is -2.42. The second kappa shape index (κ2) is 24.1. The van der Waals surface area contributed by atoms with Gasteiger partial charge in [-0.3, -0.25) is 0 Å². The average Bonchev–Trinajstić information content (AvgIpc) is 3.16. The van der Waals surface area contributed by atoms with Crippen molar-refractivity contribution in [2.75, 3.05) is 26.4 Å². The lowest BCUT2D eigenvalue weighted by molar-refractivity contribution is 0.117. The van der Waals surface area contributed by atoms with Crippen molar-refractivity contribution in [1.82, 2.24) is 0 Å². The summed E-state index contributed by atoms with van der Waals surface area (Å²) < 4.78 is 25.4. The minimum Gasteiger partial charge on any atom is -0.376 e. The van der Waals surface area contributed by atoms with Crippen LogP contribution in [0.25, 0.3) is 0 Å². The van der Waals surface area contributed by atoms with Gasteiger partial charge in [-0.1, -0.05) is 179 Å². The van der Waals surface area contributed by atoms with Gasteiger partial charge in [-0.05, 0) is 46.4 Å². The number of ether oxygens (including phenoxy) is 4. The molecule has 0 fully saturated rings. The highest BCUT2D eigenvalue weighted by Crippen LogP contribution is 2.56. The molecule has 0 spiro atoms. The van der Waals surface area contributed by atoms with Crippen molar-refractivity contribution in [2.45, 2.75) is 115 Å². The molecular weight excluding hydrogens is 678 g/mol. The van der Waals surface area contributed by atoms with Crippen LogP contribution >= 0.6 is 15.8 Å². The van der Waals surface area contributed by atoms with E-state index in [1.807, 2.05) is 0 Å². The molecule has 6 unspecified atom stereocenters. The lowest BCUT2D eigenvalue weighted by Crippen LogP contribution is -2.27. The molecule has 4 aromatic carbocycles. The van der Waals surface area contributed by atoms with Gasteiger partial charge in [0.25, 0.3) is 0 Å². The molecule has 4 aromatic rings. The molecule has 0 radical (unpaired) electrons. The lowest BCUT2D eigenvalue weighted by atomic mass is 10.2. The predicted molar refractivity (Wildman–Crippen MR) is 224 cm³/mol. The van der Waals surface area contributed by atoms with Crippen molar-refractivity contribution < 1.29 is 18.9 Å². The first-order valence-corrected chi connectivity index (χ1v) is 22.4. The maximum atomic E-state index is 6.35.